The Kier molecular flexibility index (Phi) is 7.24. The molecule has 2 heterocycles. The molecule has 2 saturated heterocycles. The molecule has 0 aromatic carbocycles. The number of carboxylic acids is 1. The lowest BCUT2D eigenvalue weighted by Crippen LogP contribution is -2.29. The molecule has 0 aliphatic carbocycles. The van der Waals surface area contributed by atoms with Gasteiger partial charge >= 0.3 is 5.97 Å². The number of nitrogens with one attached hydrogen (secondary N) is 2. The van der Waals surface area contributed by atoms with E-state index in [1.54, 1.807) is 0 Å². The van der Waals surface area contributed by atoms with Crippen LogP contribution in [-0.4, -0.2) is 59.2 Å². The molecule has 0 aromatic rings. The Morgan fingerprint density at radius 2 is 1.88 bits per heavy atom. The molecule has 3 atom stereocenters. The first-order chi connectivity index (χ1) is 7.09. The number of aliphatic hydroxyl groups is 2. The van der Waals surface area contributed by atoms with Gasteiger partial charge in [-0.2, -0.15) is 0 Å². The first-order valence-corrected chi connectivity index (χ1v) is 5.12. The van der Waals surface area contributed by atoms with E-state index < -0.39 is 18.1 Å². The fourth-order valence-corrected chi connectivity index (χ4v) is 1.54. The lowest BCUT2D eigenvalue weighted by Gasteiger charge is -1.99. The molecule has 0 amide bonds. The fourth-order valence-electron chi connectivity index (χ4n) is 1.54. The third kappa shape index (κ3) is 5.41. The third-order valence-electron chi connectivity index (χ3n) is 2.44. The molecule has 0 spiro atoms. The summed E-state index contributed by atoms with van der Waals surface area (Å²) in [5.74, 6) is -0.883. The third-order valence-corrected chi connectivity index (χ3v) is 2.44. The number of aliphatic carboxylic acids is 1. The van der Waals surface area contributed by atoms with Crippen LogP contribution in [0.1, 0.15) is 20.3 Å². The van der Waals surface area contributed by atoms with Gasteiger partial charge in [-0.3, -0.25) is 4.79 Å². The van der Waals surface area contributed by atoms with Gasteiger partial charge < -0.3 is 26.0 Å². The summed E-state index contributed by atoms with van der Waals surface area (Å²) in [5, 5.41) is 31.5. The maximum Gasteiger partial charge on any atom is 0.320 e. The highest BCUT2D eigenvalue weighted by atomic mass is 16.4. The summed E-state index contributed by atoms with van der Waals surface area (Å²) < 4.78 is 0. The molecule has 96 valence electrons. The van der Waals surface area contributed by atoms with E-state index in [0.717, 1.165) is 19.5 Å². The molecular weight excluding hydrogens is 212 g/mol. The topological polar surface area (TPSA) is 102 Å². The highest BCUT2D eigenvalue weighted by molar-refractivity contribution is 5.73. The quantitative estimate of drug-likeness (QED) is 0.389. The Morgan fingerprint density at radius 3 is 2.06 bits per heavy atom. The van der Waals surface area contributed by atoms with Crippen molar-refractivity contribution in [1.82, 2.24) is 10.6 Å². The zero-order valence-electron chi connectivity index (χ0n) is 8.52. The Bertz CT molecular complexity index is 207. The van der Waals surface area contributed by atoms with E-state index in [1.165, 1.54) is 0 Å². The van der Waals surface area contributed by atoms with E-state index in [-0.39, 0.29) is 13.5 Å². The van der Waals surface area contributed by atoms with Crippen LogP contribution in [-0.2, 0) is 4.79 Å². The standard InChI is InChI=1S/C5H9NO3.C4H9NO.CH4/c7-3-1-4(5(8)9)6-2-3;6-4-1-2-5-3-4;/h3-4,6-7H,1-2H2,(H,8,9);4-6H,1-3H2;1H4/t3-,4+;4-;/m11./s1. The summed E-state index contributed by atoms with van der Waals surface area (Å²) in [4.78, 5) is 10.2. The van der Waals surface area contributed by atoms with Crippen LogP contribution in [0.2, 0.25) is 0 Å². The van der Waals surface area contributed by atoms with Crippen LogP contribution in [0.5, 0.6) is 0 Å². The first kappa shape index (κ1) is 15.3. The summed E-state index contributed by atoms with van der Waals surface area (Å²) in [7, 11) is 0. The van der Waals surface area contributed by atoms with Crippen LogP contribution < -0.4 is 10.6 Å². The van der Waals surface area contributed by atoms with Crippen molar-refractivity contribution in [3.63, 3.8) is 0 Å². The second kappa shape index (κ2) is 7.56. The molecule has 0 aromatic heterocycles. The molecule has 2 fully saturated rings. The van der Waals surface area contributed by atoms with Gasteiger partial charge in [-0.05, 0) is 13.0 Å². The maximum absolute atomic E-state index is 10.2. The molecule has 5 N–H and O–H groups in total. The predicted octanol–water partition coefficient (Wildman–Crippen LogP) is -1.23. The lowest BCUT2D eigenvalue weighted by atomic mass is 10.2. The van der Waals surface area contributed by atoms with Crippen LogP contribution in [0.4, 0.5) is 0 Å². The summed E-state index contributed by atoms with van der Waals surface area (Å²) >= 11 is 0. The lowest BCUT2D eigenvalue weighted by molar-refractivity contribution is -0.139. The van der Waals surface area contributed by atoms with Gasteiger partial charge in [0, 0.05) is 19.5 Å². The van der Waals surface area contributed by atoms with Crippen molar-refractivity contribution in [3.8, 4) is 0 Å². The van der Waals surface area contributed by atoms with Crippen LogP contribution >= 0.6 is 0 Å². The fraction of sp³-hybridized carbons (Fsp3) is 0.900. The molecule has 0 radical (unpaired) electrons. The van der Waals surface area contributed by atoms with Gasteiger partial charge in [0.25, 0.3) is 0 Å². The normalized spacial score (nSPS) is 32.5. The molecule has 2 rings (SSSR count). The summed E-state index contributed by atoms with van der Waals surface area (Å²) in [6, 6.07) is -0.542. The van der Waals surface area contributed by atoms with Crippen molar-refractivity contribution in [2.75, 3.05) is 19.6 Å². The summed E-state index contributed by atoms with van der Waals surface area (Å²) in [5.41, 5.74) is 0. The Balaban J connectivity index is 0.000000283. The summed E-state index contributed by atoms with van der Waals surface area (Å²) in [6.07, 6.45) is 0.714. The number of hydrogen-bond acceptors (Lipinski definition) is 5. The average Bonchev–Trinajstić information content (AvgIpc) is 2.77. The van der Waals surface area contributed by atoms with Gasteiger partial charge in [-0.15, -0.1) is 0 Å². The molecule has 0 unspecified atom stereocenters. The SMILES string of the molecule is C.O=C(O)[C@@H]1C[C@@H](O)CN1.O[C@@H]1CCNC1. The Hall–Kier alpha value is -0.690. The van der Waals surface area contributed by atoms with Crippen molar-refractivity contribution in [2.45, 2.75) is 38.5 Å². The van der Waals surface area contributed by atoms with Crippen molar-refractivity contribution >= 4 is 5.97 Å². The van der Waals surface area contributed by atoms with Crippen LogP contribution in [0.15, 0.2) is 0 Å². The van der Waals surface area contributed by atoms with Gasteiger partial charge in [0.15, 0.2) is 0 Å². The van der Waals surface area contributed by atoms with E-state index in [2.05, 4.69) is 10.6 Å². The number of carboxylic acid groups (broad SMARTS) is 1. The zero-order valence-corrected chi connectivity index (χ0v) is 8.52. The van der Waals surface area contributed by atoms with E-state index >= 15 is 0 Å². The van der Waals surface area contributed by atoms with Gasteiger partial charge in [0.2, 0.25) is 0 Å². The average molecular weight is 234 g/mol. The molecular formula is C10H22N2O4. The van der Waals surface area contributed by atoms with Crippen LogP contribution in [0, 0.1) is 0 Å². The van der Waals surface area contributed by atoms with Crippen LogP contribution in [0.3, 0.4) is 0 Å². The number of β-amino-alcohol motifs (C(OH)–C–C–N with tert-alkyl or cyclic N) is 2. The number of hydrogen-bond donors (Lipinski definition) is 5. The maximum atomic E-state index is 10.2. The van der Waals surface area contributed by atoms with Gasteiger partial charge in [-0.1, -0.05) is 7.43 Å². The van der Waals surface area contributed by atoms with E-state index in [4.69, 9.17) is 15.3 Å². The minimum Gasteiger partial charge on any atom is -0.480 e. The number of rotatable bonds is 1. The highest BCUT2D eigenvalue weighted by Gasteiger charge is 2.27. The smallest absolute Gasteiger partial charge is 0.320 e. The number of carbonyl (C=O) groups is 1. The number of aliphatic hydroxyl groups excluding tert-OH is 2. The van der Waals surface area contributed by atoms with Crippen molar-refractivity contribution in [3.05, 3.63) is 0 Å². The van der Waals surface area contributed by atoms with Crippen molar-refractivity contribution in [1.29, 1.82) is 0 Å². The zero-order chi connectivity index (χ0) is 11.3. The monoisotopic (exact) mass is 234 g/mol. The molecule has 6 nitrogen and oxygen atoms in total. The van der Waals surface area contributed by atoms with Gasteiger partial charge in [0.05, 0.1) is 12.2 Å². The molecule has 2 aliphatic heterocycles. The molecule has 2 aliphatic rings. The molecule has 6 heteroatoms. The Labute approximate surface area is 95.7 Å². The van der Waals surface area contributed by atoms with E-state index in [9.17, 15) is 4.79 Å². The predicted molar refractivity (Wildman–Crippen MR) is 60.3 cm³/mol. The van der Waals surface area contributed by atoms with Crippen molar-refractivity contribution in [2.24, 2.45) is 0 Å². The minimum absolute atomic E-state index is 0. The second-order valence-electron chi connectivity index (χ2n) is 3.84. The summed E-state index contributed by atoms with van der Waals surface area (Å²) in [6.45, 7) is 2.18. The van der Waals surface area contributed by atoms with Crippen LogP contribution in [0.25, 0.3) is 0 Å². The largest absolute Gasteiger partial charge is 0.480 e. The van der Waals surface area contributed by atoms with Crippen molar-refractivity contribution < 1.29 is 20.1 Å². The second-order valence-corrected chi connectivity index (χ2v) is 3.84. The van der Waals surface area contributed by atoms with Gasteiger partial charge in [0.1, 0.15) is 6.04 Å². The molecule has 0 bridgehead atoms. The van der Waals surface area contributed by atoms with E-state index in [0.29, 0.717) is 13.0 Å². The highest BCUT2D eigenvalue weighted by Crippen LogP contribution is 2.05. The minimum atomic E-state index is -0.883. The van der Waals surface area contributed by atoms with E-state index in [1.807, 2.05) is 0 Å². The Morgan fingerprint density at radius 1 is 1.19 bits per heavy atom. The molecule has 0 saturated carbocycles. The van der Waals surface area contributed by atoms with Gasteiger partial charge in [-0.25, -0.2) is 0 Å². The molecule has 16 heavy (non-hydrogen) atoms. The first-order valence-electron chi connectivity index (χ1n) is 5.12.